The van der Waals surface area contributed by atoms with Gasteiger partial charge in [-0.15, -0.1) is 0 Å². The van der Waals surface area contributed by atoms with E-state index in [2.05, 4.69) is 10.3 Å². The van der Waals surface area contributed by atoms with Crippen LogP contribution < -0.4 is 10.1 Å². The molecule has 5 nitrogen and oxygen atoms in total. The fraction of sp³-hybridized carbons (Fsp3) is 0.455. The summed E-state index contributed by atoms with van der Waals surface area (Å²) in [5, 5.41) is 3.24. The molecular weight excluding hydrogens is 206 g/mol. The van der Waals surface area contributed by atoms with Crippen molar-refractivity contribution in [3.05, 3.63) is 24.5 Å². The molecule has 16 heavy (non-hydrogen) atoms. The summed E-state index contributed by atoms with van der Waals surface area (Å²) in [6.07, 6.45) is 4.26. The molecule has 2 heterocycles. The Morgan fingerprint density at radius 2 is 2.62 bits per heavy atom. The number of ether oxygens (including phenoxy) is 1. The van der Waals surface area contributed by atoms with Crippen molar-refractivity contribution < 1.29 is 9.53 Å². The predicted molar refractivity (Wildman–Crippen MR) is 59.2 cm³/mol. The summed E-state index contributed by atoms with van der Waals surface area (Å²) in [6.45, 7) is 2.86. The first-order chi connectivity index (χ1) is 7.90. The van der Waals surface area contributed by atoms with Gasteiger partial charge in [0, 0.05) is 25.8 Å². The molecule has 0 aliphatic carbocycles. The van der Waals surface area contributed by atoms with Gasteiger partial charge in [-0.25, -0.2) is 0 Å². The Bertz CT molecular complexity index is 331. The van der Waals surface area contributed by atoms with Crippen molar-refractivity contribution in [2.24, 2.45) is 0 Å². The summed E-state index contributed by atoms with van der Waals surface area (Å²) < 4.78 is 5.57. The van der Waals surface area contributed by atoms with Crippen molar-refractivity contribution in [1.82, 2.24) is 15.2 Å². The zero-order valence-electron chi connectivity index (χ0n) is 9.00. The zero-order valence-corrected chi connectivity index (χ0v) is 9.00. The number of hydrogen-bond acceptors (Lipinski definition) is 4. The lowest BCUT2D eigenvalue weighted by molar-refractivity contribution is -0.121. The maximum Gasteiger partial charge on any atom is 0.210 e. The van der Waals surface area contributed by atoms with Crippen LogP contribution in [0.2, 0.25) is 0 Å². The van der Waals surface area contributed by atoms with Crippen LogP contribution >= 0.6 is 0 Å². The molecule has 1 aromatic rings. The number of piperazine rings is 1. The van der Waals surface area contributed by atoms with E-state index < -0.39 is 0 Å². The molecule has 1 saturated heterocycles. The summed E-state index contributed by atoms with van der Waals surface area (Å²) in [7, 11) is 0. The van der Waals surface area contributed by atoms with E-state index >= 15 is 0 Å². The summed E-state index contributed by atoms with van der Waals surface area (Å²) in [4.78, 5) is 16.5. The van der Waals surface area contributed by atoms with Crippen molar-refractivity contribution >= 4 is 6.41 Å². The summed E-state index contributed by atoms with van der Waals surface area (Å²) in [6, 6.07) is 3.78. The van der Waals surface area contributed by atoms with Crippen LogP contribution in [0.15, 0.2) is 24.5 Å². The first-order valence-electron chi connectivity index (χ1n) is 5.35. The fourth-order valence-electron chi connectivity index (χ4n) is 1.69. The highest BCUT2D eigenvalue weighted by molar-refractivity contribution is 5.48. The minimum atomic E-state index is 0.103. The average molecular weight is 221 g/mol. The Kier molecular flexibility index (Phi) is 3.71. The second-order valence-corrected chi connectivity index (χ2v) is 3.70. The molecule has 0 bridgehead atoms. The first-order valence-corrected chi connectivity index (χ1v) is 5.35. The van der Waals surface area contributed by atoms with E-state index in [0.29, 0.717) is 6.61 Å². The van der Waals surface area contributed by atoms with Gasteiger partial charge in [0.1, 0.15) is 12.4 Å². The molecular formula is C11H15N3O2. The van der Waals surface area contributed by atoms with E-state index in [0.717, 1.165) is 31.8 Å². The van der Waals surface area contributed by atoms with Crippen LogP contribution in [0.5, 0.6) is 5.75 Å². The average Bonchev–Trinajstić information content (AvgIpc) is 2.38. The number of aromatic nitrogens is 1. The normalized spacial score (nSPS) is 20.5. The molecule has 2 rings (SSSR count). The van der Waals surface area contributed by atoms with Crippen molar-refractivity contribution in [3.63, 3.8) is 0 Å². The van der Waals surface area contributed by atoms with Gasteiger partial charge in [-0.2, -0.15) is 0 Å². The van der Waals surface area contributed by atoms with Crippen LogP contribution in [0.1, 0.15) is 0 Å². The highest BCUT2D eigenvalue weighted by Gasteiger charge is 2.20. The van der Waals surface area contributed by atoms with E-state index in [-0.39, 0.29) is 6.04 Å². The largest absolute Gasteiger partial charge is 0.490 e. The molecule has 1 aliphatic rings. The highest BCUT2D eigenvalue weighted by atomic mass is 16.5. The van der Waals surface area contributed by atoms with Gasteiger partial charge in [-0.05, 0) is 12.1 Å². The second-order valence-electron chi connectivity index (χ2n) is 3.70. The Morgan fingerprint density at radius 3 is 3.38 bits per heavy atom. The maximum absolute atomic E-state index is 10.8. The number of pyridine rings is 1. The third-order valence-corrected chi connectivity index (χ3v) is 2.61. The first kappa shape index (κ1) is 10.9. The molecule has 1 unspecified atom stereocenters. The van der Waals surface area contributed by atoms with Gasteiger partial charge in [0.25, 0.3) is 0 Å². The number of nitrogens with one attached hydrogen (secondary N) is 1. The van der Waals surface area contributed by atoms with Crippen molar-refractivity contribution in [2.45, 2.75) is 6.04 Å². The lowest BCUT2D eigenvalue weighted by atomic mass is 10.2. The van der Waals surface area contributed by atoms with Gasteiger partial charge in [-0.3, -0.25) is 9.78 Å². The number of amides is 1. The minimum Gasteiger partial charge on any atom is -0.490 e. The van der Waals surface area contributed by atoms with Crippen LogP contribution in [-0.2, 0) is 4.79 Å². The molecule has 1 fully saturated rings. The summed E-state index contributed by atoms with van der Waals surface area (Å²) in [5.41, 5.74) is 0. The molecule has 1 N–H and O–H groups in total. The number of nitrogens with zero attached hydrogens (tertiary/aromatic N) is 2. The Balaban J connectivity index is 1.86. The lowest BCUT2D eigenvalue weighted by Gasteiger charge is -2.32. The van der Waals surface area contributed by atoms with Crippen LogP contribution in [0.3, 0.4) is 0 Å². The zero-order chi connectivity index (χ0) is 11.2. The number of rotatable bonds is 4. The van der Waals surface area contributed by atoms with Gasteiger partial charge in [-0.1, -0.05) is 0 Å². The van der Waals surface area contributed by atoms with E-state index in [4.69, 9.17) is 4.74 Å². The Morgan fingerprint density at radius 1 is 1.69 bits per heavy atom. The summed E-state index contributed by atoms with van der Waals surface area (Å²) >= 11 is 0. The van der Waals surface area contributed by atoms with Gasteiger partial charge >= 0.3 is 0 Å². The van der Waals surface area contributed by atoms with Crippen LogP contribution in [0, 0.1) is 0 Å². The standard InChI is InChI=1S/C11H15N3O2/c15-9-14-5-4-13-6-10(14)8-16-11-2-1-3-12-7-11/h1-3,7,9-10,13H,4-6,8H2. The monoisotopic (exact) mass is 221 g/mol. The van der Waals surface area contributed by atoms with E-state index in [9.17, 15) is 4.79 Å². The molecule has 0 aromatic carbocycles. The molecule has 1 aromatic heterocycles. The number of carbonyl (C=O) groups is 1. The molecule has 1 amide bonds. The van der Waals surface area contributed by atoms with E-state index in [1.165, 1.54) is 0 Å². The van der Waals surface area contributed by atoms with E-state index in [1.807, 2.05) is 12.1 Å². The second kappa shape index (κ2) is 5.46. The third-order valence-electron chi connectivity index (χ3n) is 2.61. The molecule has 86 valence electrons. The van der Waals surface area contributed by atoms with Crippen LogP contribution in [-0.4, -0.2) is 48.6 Å². The smallest absolute Gasteiger partial charge is 0.210 e. The summed E-state index contributed by atoms with van der Waals surface area (Å²) in [5.74, 6) is 0.735. The van der Waals surface area contributed by atoms with Crippen LogP contribution in [0.25, 0.3) is 0 Å². The van der Waals surface area contributed by atoms with Crippen molar-refractivity contribution in [3.8, 4) is 5.75 Å². The van der Waals surface area contributed by atoms with Gasteiger partial charge in [0.15, 0.2) is 0 Å². The molecule has 0 radical (unpaired) electrons. The van der Waals surface area contributed by atoms with Gasteiger partial charge in [0.05, 0.1) is 12.2 Å². The highest BCUT2D eigenvalue weighted by Crippen LogP contribution is 2.08. The fourth-order valence-corrected chi connectivity index (χ4v) is 1.69. The molecule has 1 aliphatic heterocycles. The minimum absolute atomic E-state index is 0.103. The van der Waals surface area contributed by atoms with E-state index in [1.54, 1.807) is 17.3 Å². The predicted octanol–water partition coefficient (Wildman–Crippen LogP) is -0.109. The Labute approximate surface area is 94.4 Å². The Hall–Kier alpha value is -1.62. The molecule has 0 spiro atoms. The lowest BCUT2D eigenvalue weighted by Crippen LogP contribution is -2.53. The third kappa shape index (κ3) is 2.70. The van der Waals surface area contributed by atoms with Crippen molar-refractivity contribution in [2.75, 3.05) is 26.2 Å². The SMILES string of the molecule is O=CN1CCNCC1COc1cccnc1. The number of hydrogen-bond donors (Lipinski definition) is 1. The van der Waals surface area contributed by atoms with Gasteiger partial charge < -0.3 is 15.0 Å². The number of carbonyl (C=O) groups excluding carboxylic acids is 1. The topological polar surface area (TPSA) is 54.5 Å². The van der Waals surface area contributed by atoms with Crippen LogP contribution in [0.4, 0.5) is 0 Å². The molecule has 1 atom stereocenters. The van der Waals surface area contributed by atoms with Crippen molar-refractivity contribution in [1.29, 1.82) is 0 Å². The quantitative estimate of drug-likeness (QED) is 0.721. The van der Waals surface area contributed by atoms with Gasteiger partial charge in [0.2, 0.25) is 6.41 Å². The molecule has 5 heteroatoms. The molecule has 0 saturated carbocycles. The maximum atomic E-state index is 10.8.